The monoisotopic (exact) mass is 694 g/mol. The Morgan fingerprint density at radius 3 is 2.30 bits per heavy atom. The van der Waals surface area contributed by atoms with E-state index in [-0.39, 0.29) is 46.2 Å². The minimum atomic E-state index is -0.585. The molecule has 1 aromatic carbocycles. The quantitative estimate of drug-likeness (QED) is 0.317. The summed E-state index contributed by atoms with van der Waals surface area (Å²) in [5.74, 6) is 1.38. The van der Waals surface area contributed by atoms with E-state index in [0.717, 1.165) is 77.7 Å². The molecule has 1 N–H and O–H groups in total. The standard InChI is InChI=1S/C38H55FN6O5/c1-26(2)45(27(3)4)34(46)30-17-29(39)7-8-31(30)50-32-18-40-25-41-33(32)44-21-36(22-44)13-15-43(16-14-36)19-28-9-11-38(12-10-28)20-37(23-48-5,24-49-6)35(47)42-38/h7-8,17-18,25-28H,9-16,19-24H2,1-6H3,(H,42,47). The SMILES string of the molecule is COCC1(COC)CC2(CCC(CN3CCC4(CC3)CN(c3ncncc3Oc3ccc(F)cc3C(=O)N(C(C)C)C(C)C)C4)CC2)NC1=O. The van der Waals surface area contributed by atoms with Crippen LogP contribution in [0.4, 0.5) is 10.2 Å². The number of anilines is 1. The van der Waals surface area contributed by atoms with E-state index in [1.807, 2.05) is 27.7 Å². The van der Waals surface area contributed by atoms with Crippen molar-refractivity contribution in [3.63, 3.8) is 0 Å². The number of benzene rings is 1. The zero-order valence-corrected chi connectivity index (χ0v) is 30.7. The van der Waals surface area contributed by atoms with Gasteiger partial charge in [0.15, 0.2) is 11.6 Å². The van der Waals surface area contributed by atoms with E-state index in [1.54, 1.807) is 25.3 Å². The van der Waals surface area contributed by atoms with Gasteiger partial charge in [-0.05, 0) is 110 Å². The first-order valence-corrected chi connectivity index (χ1v) is 18.3. The number of piperidine rings is 1. The molecule has 12 heteroatoms. The van der Waals surface area contributed by atoms with Crippen LogP contribution in [0.1, 0.15) is 83.0 Å². The number of likely N-dealkylation sites (tertiary alicyclic amines) is 1. The topological polar surface area (TPSA) is 109 Å². The Kier molecular flexibility index (Phi) is 10.7. The third-order valence-corrected chi connectivity index (χ3v) is 11.6. The van der Waals surface area contributed by atoms with E-state index in [1.165, 1.54) is 24.5 Å². The summed E-state index contributed by atoms with van der Waals surface area (Å²) >= 11 is 0. The van der Waals surface area contributed by atoms with Crippen molar-refractivity contribution in [1.82, 2.24) is 25.1 Å². The maximum atomic E-state index is 14.4. The molecule has 3 saturated heterocycles. The van der Waals surface area contributed by atoms with Crippen molar-refractivity contribution in [2.75, 3.05) is 65.1 Å². The van der Waals surface area contributed by atoms with Gasteiger partial charge in [-0.1, -0.05) is 0 Å². The lowest BCUT2D eigenvalue weighted by Gasteiger charge is -2.55. The van der Waals surface area contributed by atoms with Crippen LogP contribution in [0.5, 0.6) is 11.5 Å². The number of hydrogen-bond donors (Lipinski definition) is 1. The van der Waals surface area contributed by atoms with Crippen LogP contribution in [0, 0.1) is 22.6 Å². The number of rotatable bonds is 12. The third-order valence-electron chi connectivity index (χ3n) is 11.6. The van der Waals surface area contributed by atoms with E-state index >= 15 is 0 Å². The molecule has 2 spiro atoms. The van der Waals surface area contributed by atoms with Crippen LogP contribution in [0.3, 0.4) is 0 Å². The fourth-order valence-electron chi connectivity index (χ4n) is 9.19. The van der Waals surface area contributed by atoms with Crippen molar-refractivity contribution in [2.45, 2.75) is 90.3 Å². The van der Waals surface area contributed by atoms with Gasteiger partial charge in [-0.2, -0.15) is 0 Å². The molecule has 3 aliphatic heterocycles. The summed E-state index contributed by atoms with van der Waals surface area (Å²) < 4.78 is 31.6. The smallest absolute Gasteiger partial charge is 0.258 e. The first kappa shape index (κ1) is 36.4. The number of methoxy groups -OCH3 is 2. The lowest BCUT2D eigenvalue weighted by molar-refractivity contribution is -0.133. The highest BCUT2D eigenvalue weighted by Crippen LogP contribution is 2.48. The van der Waals surface area contributed by atoms with Gasteiger partial charge < -0.3 is 34.2 Å². The third kappa shape index (κ3) is 7.34. The molecule has 2 amide bonds. The number of amides is 2. The number of aromatic nitrogens is 2. The molecule has 50 heavy (non-hydrogen) atoms. The first-order valence-electron chi connectivity index (χ1n) is 18.3. The molecule has 0 unspecified atom stereocenters. The van der Waals surface area contributed by atoms with Crippen molar-refractivity contribution < 1.29 is 28.2 Å². The fourth-order valence-corrected chi connectivity index (χ4v) is 9.19. The molecule has 1 saturated carbocycles. The number of nitrogens with one attached hydrogen (secondary N) is 1. The van der Waals surface area contributed by atoms with E-state index in [4.69, 9.17) is 14.2 Å². The summed E-state index contributed by atoms with van der Waals surface area (Å²) in [6.07, 6.45) is 10.4. The summed E-state index contributed by atoms with van der Waals surface area (Å²) in [5, 5.41) is 3.37. The Hall–Kier alpha value is -3.35. The number of ether oxygens (including phenoxy) is 3. The van der Waals surface area contributed by atoms with E-state index in [2.05, 4.69) is 25.1 Å². The highest BCUT2D eigenvalue weighted by molar-refractivity contribution is 5.97. The van der Waals surface area contributed by atoms with Crippen molar-refractivity contribution in [2.24, 2.45) is 16.7 Å². The van der Waals surface area contributed by atoms with E-state index in [9.17, 15) is 14.0 Å². The van der Waals surface area contributed by atoms with Crippen LogP contribution in [0.25, 0.3) is 0 Å². The van der Waals surface area contributed by atoms with Gasteiger partial charge in [-0.25, -0.2) is 14.4 Å². The van der Waals surface area contributed by atoms with Crippen molar-refractivity contribution in [3.8, 4) is 11.5 Å². The normalized spacial score (nSPS) is 24.5. The molecule has 0 radical (unpaired) electrons. The van der Waals surface area contributed by atoms with Gasteiger partial charge in [0.05, 0.1) is 30.4 Å². The number of halogens is 1. The average molecular weight is 695 g/mol. The molecule has 2 aromatic rings. The molecule has 4 fully saturated rings. The molecule has 1 aromatic heterocycles. The Labute approximate surface area is 296 Å². The minimum Gasteiger partial charge on any atom is -0.451 e. The van der Waals surface area contributed by atoms with Crippen LogP contribution < -0.4 is 15.0 Å². The predicted octanol–water partition coefficient (Wildman–Crippen LogP) is 5.30. The average Bonchev–Trinajstić information content (AvgIpc) is 3.32. The predicted molar refractivity (Wildman–Crippen MR) is 189 cm³/mol. The molecule has 6 rings (SSSR count). The van der Waals surface area contributed by atoms with Gasteiger partial charge in [-0.15, -0.1) is 0 Å². The molecular weight excluding hydrogens is 639 g/mol. The highest BCUT2D eigenvalue weighted by atomic mass is 19.1. The van der Waals surface area contributed by atoms with Crippen molar-refractivity contribution in [1.29, 1.82) is 0 Å². The number of hydrogen-bond acceptors (Lipinski definition) is 9. The fraction of sp³-hybridized carbons (Fsp3) is 0.684. The van der Waals surface area contributed by atoms with E-state index in [0.29, 0.717) is 30.7 Å². The van der Waals surface area contributed by atoms with Crippen LogP contribution in [-0.4, -0.2) is 109 Å². The molecule has 1 aliphatic carbocycles. The molecular formula is C38H55FN6O5. The molecule has 4 heterocycles. The first-order chi connectivity index (χ1) is 23.9. The second kappa shape index (κ2) is 14.7. The van der Waals surface area contributed by atoms with Crippen molar-refractivity contribution in [3.05, 3.63) is 42.1 Å². The van der Waals surface area contributed by atoms with Crippen LogP contribution in [0.2, 0.25) is 0 Å². The Balaban J connectivity index is 1.02. The second-order valence-electron chi connectivity index (χ2n) is 16.0. The number of carbonyl (C=O) groups is 2. The lowest BCUT2D eigenvalue weighted by atomic mass is 9.70. The molecule has 274 valence electrons. The van der Waals surface area contributed by atoms with Crippen molar-refractivity contribution >= 4 is 17.6 Å². The largest absolute Gasteiger partial charge is 0.451 e. The Morgan fingerprint density at radius 1 is 1.02 bits per heavy atom. The molecule has 4 aliphatic rings. The maximum absolute atomic E-state index is 14.4. The number of carbonyl (C=O) groups excluding carboxylic acids is 2. The zero-order valence-electron chi connectivity index (χ0n) is 30.7. The van der Waals surface area contributed by atoms with Crippen LogP contribution in [-0.2, 0) is 14.3 Å². The van der Waals surface area contributed by atoms with Gasteiger partial charge in [-0.3, -0.25) is 9.59 Å². The number of nitrogens with zero attached hydrogens (tertiary/aromatic N) is 5. The maximum Gasteiger partial charge on any atom is 0.258 e. The van der Waals surface area contributed by atoms with Crippen LogP contribution >= 0.6 is 0 Å². The highest BCUT2D eigenvalue weighted by Gasteiger charge is 2.55. The van der Waals surface area contributed by atoms with Gasteiger partial charge in [0.25, 0.3) is 5.91 Å². The Bertz CT molecular complexity index is 1500. The van der Waals surface area contributed by atoms with Crippen LogP contribution in [0.15, 0.2) is 30.7 Å². The summed E-state index contributed by atoms with van der Waals surface area (Å²) in [6.45, 7) is 13.6. The summed E-state index contributed by atoms with van der Waals surface area (Å²) in [6, 6.07) is 3.96. The molecule has 11 nitrogen and oxygen atoms in total. The molecule has 0 bridgehead atoms. The minimum absolute atomic E-state index is 0.0580. The van der Waals surface area contributed by atoms with E-state index < -0.39 is 11.2 Å². The lowest BCUT2D eigenvalue weighted by Crippen LogP contribution is -2.61. The summed E-state index contributed by atoms with van der Waals surface area (Å²) in [4.78, 5) is 42.0. The van der Waals surface area contributed by atoms with Gasteiger partial charge in [0.1, 0.15) is 17.9 Å². The molecule has 0 atom stereocenters. The van der Waals surface area contributed by atoms with Gasteiger partial charge in [0, 0.05) is 56.9 Å². The summed E-state index contributed by atoms with van der Waals surface area (Å²) in [7, 11) is 3.31. The second-order valence-corrected chi connectivity index (χ2v) is 16.0. The Morgan fingerprint density at radius 2 is 1.68 bits per heavy atom. The zero-order chi connectivity index (χ0) is 35.7. The van der Waals surface area contributed by atoms with Gasteiger partial charge >= 0.3 is 0 Å². The van der Waals surface area contributed by atoms with Gasteiger partial charge in [0.2, 0.25) is 5.91 Å². The summed E-state index contributed by atoms with van der Waals surface area (Å²) in [5.41, 5.74) is -0.299.